The summed E-state index contributed by atoms with van der Waals surface area (Å²) in [6.45, 7) is 8.38. The van der Waals surface area contributed by atoms with Crippen molar-refractivity contribution in [3.8, 4) is 0 Å². The fourth-order valence-corrected chi connectivity index (χ4v) is 4.06. The van der Waals surface area contributed by atoms with E-state index in [2.05, 4.69) is 16.0 Å². The Bertz CT molecular complexity index is 995. The maximum atomic E-state index is 13.2. The van der Waals surface area contributed by atoms with E-state index in [-0.39, 0.29) is 56.0 Å². The minimum Gasteiger partial charge on any atom is -0.660 e. The molecule has 38 heavy (non-hydrogen) atoms. The molecular formula is C28H38AcCl2N3O4-. The van der Waals surface area contributed by atoms with Crippen molar-refractivity contribution >= 4 is 35.2 Å². The number of amides is 2. The number of nitrogens with zero attached hydrogens (tertiary/aromatic N) is 1. The van der Waals surface area contributed by atoms with E-state index in [1.54, 1.807) is 32.0 Å². The van der Waals surface area contributed by atoms with Crippen LogP contribution in [0, 0.1) is 50.0 Å². The van der Waals surface area contributed by atoms with E-state index in [4.69, 9.17) is 27.9 Å². The Kier molecular flexibility index (Phi) is 17.1. The van der Waals surface area contributed by atoms with Crippen molar-refractivity contribution in [3.63, 3.8) is 0 Å². The Morgan fingerprint density at radius 3 is 2.29 bits per heavy atom. The normalized spacial score (nSPS) is 13.4. The zero-order chi connectivity index (χ0) is 27.4. The molecule has 207 valence electrons. The fraction of sp³-hybridized carbons (Fsp3) is 0.500. The number of ether oxygens (including phenoxy) is 1. The molecule has 0 fully saturated rings. The minimum absolute atomic E-state index is 0. The maximum Gasteiger partial charge on any atom is 0.407 e. The summed E-state index contributed by atoms with van der Waals surface area (Å²) in [7, 11) is 0. The van der Waals surface area contributed by atoms with E-state index >= 15 is 0 Å². The Morgan fingerprint density at radius 2 is 1.68 bits per heavy atom. The Labute approximate surface area is 272 Å². The first-order valence-electron chi connectivity index (χ1n) is 12.6. The van der Waals surface area contributed by atoms with Crippen molar-refractivity contribution in [2.24, 2.45) is 5.92 Å². The molecule has 2 rings (SSSR count). The summed E-state index contributed by atoms with van der Waals surface area (Å²) in [5.41, 5.74) is 1.89. The molecule has 0 saturated heterocycles. The van der Waals surface area contributed by atoms with Gasteiger partial charge in [0.15, 0.2) is 6.10 Å². The number of aliphatic hydroxyl groups excluding tert-OH is 1. The van der Waals surface area contributed by atoms with Crippen LogP contribution < -0.4 is 10.6 Å². The number of hydrogen-bond donors (Lipinski definition) is 3. The summed E-state index contributed by atoms with van der Waals surface area (Å²) in [6.07, 6.45) is -1.22. The molecule has 0 aliphatic heterocycles. The summed E-state index contributed by atoms with van der Waals surface area (Å²) in [5.74, 6) is -0.753. The van der Waals surface area contributed by atoms with Gasteiger partial charge in [-0.25, -0.2) is 4.79 Å². The van der Waals surface area contributed by atoms with Gasteiger partial charge >= 0.3 is 6.09 Å². The SMILES string of the molecule is CC(C)[N-]CCC(O)C(Cc1ccc(Cl)c(Cl)c1)NC(=O)C(OC(=O)NCCc1ccccc1)C(C)C.[Ac]. The van der Waals surface area contributed by atoms with E-state index in [1.807, 2.05) is 44.2 Å². The van der Waals surface area contributed by atoms with E-state index in [0.29, 0.717) is 42.4 Å². The van der Waals surface area contributed by atoms with Crippen LogP contribution in [0.2, 0.25) is 10.0 Å². The van der Waals surface area contributed by atoms with Gasteiger partial charge in [0.05, 0.1) is 22.2 Å². The van der Waals surface area contributed by atoms with Crippen molar-refractivity contribution in [1.82, 2.24) is 10.6 Å². The molecule has 2 amide bonds. The van der Waals surface area contributed by atoms with Gasteiger partial charge in [0.2, 0.25) is 0 Å². The molecule has 3 atom stereocenters. The number of halogens is 2. The zero-order valence-electron chi connectivity index (χ0n) is 22.5. The molecule has 0 spiro atoms. The largest absolute Gasteiger partial charge is 0.660 e. The monoisotopic (exact) mass is 777 g/mol. The molecule has 0 aliphatic rings. The number of rotatable bonds is 14. The third-order valence-electron chi connectivity index (χ3n) is 5.77. The van der Waals surface area contributed by atoms with Crippen LogP contribution in [-0.4, -0.2) is 54.5 Å². The third kappa shape index (κ3) is 13.0. The molecule has 10 heteroatoms. The molecule has 3 unspecified atom stereocenters. The van der Waals surface area contributed by atoms with Crippen molar-refractivity contribution in [3.05, 3.63) is 75.0 Å². The van der Waals surface area contributed by atoms with Gasteiger partial charge in [0.25, 0.3) is 5.91 Å². The van der Waals surface area contributed by atoms with E-state index < -0.39 is 30.3 Å². The van der Waals surface area contributed by atoms with Gasteiger partial charge in [0.1, 0.15) is 0 Å². The first-order valence-corrected chi connectivity index (χ1v) is 13.4. The first-order chi connectivity index (χ1) is 17.6. The number of benzene rings is 2. The molecule has 0 aliphatic carbocycles. The fourth-order valence-electron chi connectivity index (χ4n) is 3.74. The molecule has 0 heterocycles. The molecule has 0 bridgehead atoms. The van der Waals surface area contributed by atoms with Crippen LogP contribution in [0.15, 0.2) is 48.5 Å². The van der Waals surface area contributed by atoms with Crippen LogP contribution in [0.5, 0.6) is 0 Å². The number of alkyl carbamates (subject to hydrolysis) is 1. The summed E-state index contributed by atoms with van der Waals surface area (Å²) in [5, 5.41) is 21.8. The summed E-state index contributed by atoms with van der Waals surface area (Å²) in [6, 6.07) is 14.5. The molecule has 0 aromatic heterocycles. The summed E-state index contributed by atoms with van der Waals surface area (Å²) < 4.78 is 5.49. The van der Waals surface area contributed by atoms with Crippen LogP contribution >= 0.6 is 23.2 Å². The van der Waals surface area contributed by atoms with Gasteiger partial charge in [-0.05, 0) is 48.4 Å². The molecule has 2 aromatic rings. The van der Waals surface area contributed by atoms with E-state index in [9.17, 15) is 14.7 Å². The zero-order valence-corrected chi connectivity index (χ0v) is 28.8. The van der Waals surface area contributed by atoms with E-state index in [0.717, 1.165) is 11.1 Å². The smallest absolute Gasteiger partial charge is 0.407 e. The number of aliphatic hydroxyl groups is 1. The minimum atomic E-state index is -1.03. The van der Waals surface area contributed by atoms with Crippen LogP contribution in [-0.2, 0) is 22.4 Å². The second kappa shape index (κ2) is 18.5. The predicted octanol–water partition coefficient (Wildman–Crippen LogP) is 5.55. The molecule has 3 N–H and O–H groups in total. The van der Waals surface area contributed by atoms with Crippen LogP contribution in [0.25, 0.3) is 5.32 Å². The van der Waals surface area contributed by atoms with Gasteiger partial charge in [-0.1, -0.05) is 87.3 Å². The van der Waals surface area contributed by atoms with Crippen molar-refractivity contribution in [2.75, 3.05) is 13.1 Å². The second-order valence-corrected chi connectivity index (χ2v) is 10.5. The van der Waals surface area contributed by atoms with Gasteiger partial charge in [0, 0.05) is 50.6 Å². The van der Waals surface area contributed by atoms with Gasteiger partial charge < -0.3 is 25.8 Å². The molecule has 2 aromatic carbocycles. The summed E-state index contributed by atoms with van der Waals surface area (Å²) >= 11 is 12.2. The number of carbonyl (C=O) groups is 2. The van der Waals surface area contributed by atoms with Gasteiger partial charge in [-0.2, -0.15) is 0 Å². The molecule has 7 nitrogen and oxygen atoms in total. The molecule has 0 saturated carbocycles. The standard InChI is InChI=1S/C28H38Cl2N3O4.Ac/c1-18(2)26(37-28(36)32-14-12-20-8-6-5-7-9-20)27(35)33-24(25(34)13-15-31-19(3)4)17-21-10-11-22(29)23(30)16-21;/h5-11,16,18-19,24-26,34H,12-15,17H2,1-4H3,(H,32,36)(H,33,35);/q-1;. The van der Waals surface area contributed by atoms with Crippen LogP contribution in [0.3, 0.4) is 0 Å². The number of nitrogens with one attached hydrogen (secondary N) is 2. The third-order valence-corrected chi connectivity index (χ3v) is 6.51. The topological polar surface area (TPSA) is 102 Å². The van der Waals surface area contributed by atoms with Crippen LogP contribution in [0.1, 0.15) is 45.2 Å². The van der Waals surface area contributed by atoms with Gasteiger partial charge in [-0.15, -0.1) is 12.6 Å². The van der Waals surface area contributed by atoms with Crippen molar-refractivity contribution in [2.45, 2.75) is 71.2 Å². The average molecular weight is 779 g/mol. The number of hydrogen-bond acceptors (Lipinski definition) is 4. The van der Waals surface area contributed by atoms with Crippen molar-refractivity contribution in [1.29, 1.82) is 0 Å². The Morgan fingerprint density at radius 1 is 1.00 bits per heavy atom. The maximum absolute atomic E-state index is 13.2. The quantitative estimate of drug-likeness (QED) is 0.235. The molecular weight excluding hydrogens is 740 g/mol. The van der Waals surface area contributed by atoms with E-state index in [1.165, 1.54) is 0 Å². The second-order valence-electron chi connectivity index (χ2n) is 9.66. The summed E-state index contributed by atoms with van der Waals surface area (Å²) in [4.78, 5) is 25.7. The van der Waals surface area contributed by atoms with Gasteiger partial charge in [-0.3, -0.25) is 4.79 Å². The average Bonchev–Trinajstić information content (AvgIpc) is 2.84. The Balaban J connectivity index is 0.00000722. The molecule has 1 radical (unpaired) electrons. The van der Waals surface area contributed by atoms with Crippen molar-refractivity contribution < 1.29 is 63.5 Å². The Hall–Kier alpha value is -0.878. The predicted molar refractivity (Wildman–Crippen MR) is 149 cm³/mol. The number of carbonyl (C=O) groups excluding carboxylic acids is 2. The van der Waals surface area contributed by atoms with Crippen LogP contribution in [0.4, 0.5) is 4.79 Å². The first kappa shape index (κ1) is 35.1.